The Hall–Kier alpha value is -3.21. The van der Waals surface area contributed by atoms with E-state index in [1.807, 2.05) is 25.1 Å². The van der Waals surface area contributed by atoms with Crippen LogP contribution in [-0.4, -0.2) is 23.1 Å². The fourth-order valence-electron chi connectivity index (χ4n) is 3.40. The highest BCUT2D eigenvalue weighted by Crippen LogP contribution is 2.48. The number of rotatable bonds is 3. The molecule has 180 valence electrons. The molecule has 35 heavy (non-hydrogen) atoms. The first-order valence-electron chi connectivity index (χ1n) is 10.0. The van der Waals surface area contributed by atoms with E-state index in [1.54, 1.807) is 29.6 Å². The molecule has 2 N–H and O–H groups in total. The monoisotopic (exact) mass is 539 g/mol. The minimum Gasteiger partial charge on any atom is -0.424 e. The van der Waals surface area contributed by atoms with Gasteiger partial charge in [0.25, 0.3) is 0 Å². The van der Waals surface area contributed by atoms with Gasteiger partial charge in [-0.1, -0.05) is 29.3 Å². The van der Waals surface area contributed by atoms with E-state index in [2.05, 4.69) is 10.3 Å². The van der Waals surface area contributed by atoms with E-state index in [0.29, 0.717) is 0 Å². The van der Waals surface area contributed by atoms with Gasteiger partial charge in [-0.2, -0.15) is 13.2 Å². The molecule has 12 heteroatoms. The molecule has 4 aromatic rings. The number of thiazole rings is 1. The molecular formula is C23H14Cl2F3N3O3S. The standard InChI is InChI=1S/C23H14Cl2F3N3O3S/c1-11-2-7-16-19(8-11)35-20(30-16)12-3-5-13(6-4-12)29-21(32)31-23(22(26,27)28)33-17-9-14(24)15(25)10-18(17)34-23/h2-10H,1H3,(H2,29,31,32). The molecule has 2 amide bonds. The lowest BCUT2D eigenvalue weighted by Crippen LogP contribution is -2.65. The Morgan fingerprint density at radius 3 is 2.23 bits per heavy atom. The van der Waals surface area contributed by atoms with Crippen molar-refractivity contribution >= 4 is 56.5 Å². The van der Waals surface area contributed by atoms with Crippen molar-refractivity contribution in [1.82, 2.24) is 10.3 Å². The van der Waals surface area contributed by atoms with E-state index in [4.69, 9.17) is 32.7 Å². The molecule has 0 spiro atoms. The van der Waals surface area contributed by atoms with Crippen LogP contribution >= 0.6 is 34.5 Å². The first-order valence-corrected chi connectivity index (χ1v) is 11.6. The number of hydrogen-bond acceptors (Lipinski definition) is 5. The quantitative estimate of drug-likeness (QED) is 0.284. The first kappa shape index (κ1) is 23.5. The maximum atomic E-state index is 13.9. The molecule has 1 aliphatic rings. The molecule has 0 radical (unpaired) electrons. The van der Waals surface area contributed by atoms with Gasteiger partial charge in [-0.15, -0.1) is 11.3 Å². The van der Waals surface area contributed by atoms with Gasteiger partial charge in [-0.25, -0.2) is 9.78 Å². The SMILES string of the molecule is Cc1ccc2nc(-c3ccc(NC(=O)NC4(C(F)(F)F)Oc5cc(Cl)c(Cl)cc5O4)cc3)sc2c1. The van der Waals surface area contributed by atoms with Crippen molar-refractivity contribution in [1.29, 1.82) is 0 Å². The van der Waals surface area contributed by atoms with Crippen LogP contribution in [0.25, 0.3) is 20.8 Å². The van der Waals surface area contributed by atoms with E-state index in [-0.39, 0.29) is 27.2 Å². The summed E-state index contributed by atoms with van der Waals surface area (Å²) >= 11 is 13.2. The zero-order chi connectivity index (χ0) is 25.0. The fourth-order valence-corrected chi connectivity index (χ4v) is 4.78. The number of ether oxygens (including phenoxy) is 2. The first-order chi connectivity index (χ1) is 16.5. The van der Waals surface area contributed by atoms with Gasteiger partial charge in [0.2, 0.25) is 0 Å². The second kappa shape index (κ2) is 8.47. The number of hydrogen-bond donors (Lipinski definition) is 2. The Morgan fingerprint density at radius 2 is 1.63 bits per heavy atom. The van der Waals surface area contributed by atoms with Gasteiger partial charge in [-0.3, -0.25) is 5.32 Å². The summed E-state index contributed by atoms with van der Waals surface area (Å²) in [6.45, 7) is 2.00. The smallest absolute Gasteiger partial charge is 0.424 e. The lowest BCUT2D eigenvalue weighted by atomic mass is 10.2. The Kier molecular flexibility index (Phi) is 5.70. The average molecular weight is 540 g/mol. The summed E-state index contributed by atoms with van der Waals surface area (Å²) in [5.41, 5.74) is 3.05. The summed E-state index contributed by atoms with van der Waals surface area (Å²) in [6, 6.07) is 13.4. The minimum absolute atomic E-state index is 0.0280. The molecule has 0 saturated heterocycles. The highest BCUT2D eigenvalue weighted by molar-refractivity contribution is 7.21. The zero-order valence-corrected chi connectivity index (χ0v) is 20.0. The summed E-state index contributed by atoms with van der Waals surface area (Å²) in [5.74, 6) is -4.08. The molecule has 1 aliphatic heterocycles. The van der Waals surface area contributed by atoms with Gasteiger partial charge in [-0.05, 0) is 48.9 Å². The molecule has 5 rings (SSSR count). The van der Waals surface area contributed by atoms with Gasteiger partial charge in [0.05, 0.1) is 20.3 Å². The van der Waals surface area contributed by atoms with Crippen molar-refractivity contribution in [2.75, 3.05) is 5.32 Å². The Labute approximate surface area is 210 Å². The molecule has 0 fully saturated rings. The van der Waals surface area contributed by atoms with E-state index >= 15 is 0 Å². The number of fused-ring (bicyclic) bond motifs is 2. The van der Waals surface area contributed by atoms with Crippen LogP contribution in [0.5, 0.6) is 11.5 Å². The summed E-state index contributed by atoms with van der Waals surface area (Å²) in [4.78, 5) is 17.1. The van der Waals surface area contributed by atoms with Crippen molar-refractivity contribution in [2.45, 2.75) is 19.0 Å². The van der Waals surface area contributed by atoms with Crippen molar-refractivity contribution in [3.05, 3.63) is 70.2 Å². The van der Waals surface area contributed by atoms with Gasteiger partial charge < -0.3 is 14.8 Å². The van der Waals surface area contributed by atoms with Crippen molar-refractivity contribution in [3.63, 3.8) is 0 Å². The third-order valence-corrected chi connectivity index (χ3v) is 6.87. The van der Waals surface area contributed by atoms with Crippen LogP contribution in [0.4, 0.5) is 23.7 Å². The van der Waals surface area contributed by atoms with Crippen LogP contribution in [0.15, 0.2) is 54.6 Å². The predicted molar refractivity (Wildman–Crippen MR) is 128 cm³/mol. The van der Waals surface area contributed by atoms with E-state index in [1.165, 1.54) is 11.3 Å². The summed E-state index contributed by atoms with van der Waals surface area (Å²) in [7, 11) is 0. The molecule has 0 atom stereocenters. The number of anilines is 1. The van der Waals surface area contributed by atoms with Crippen LogP contribution in [-0.2, 0) is 0 Å². The molecule has 3 aromatic carbocycles. The largest absolute Gasteiger partial charge is 0.492 e. The van der Waals surface area contributed by atoms with Crippen LogP contribution in [0, 0.1) is 6.92 Å². The van der Waals surface area contributed by atoms with E-state index < -0.39 is 18.1 Å². The summed E-state index contributed by atoms with van der Waals surface area (Å²) in [6.07, 6.45) is -5.13. The number of amides is 2. The van der Waals surface area contributed by atoms with E-state index in [0.717, 1.165) is 38.5 Å². The second-order valence-corrected chi connectivity index (χ2v) is 9.52. The number of carbonyl (C=O) groups excluding carboxylic acids is 1. The van der Waals surface area contributed by atoms with Crippen molar-refractivity contribution in [3.8, 4) is 22.1 Å². The highest BCUT2D eigenvalue weighted by atomic mass is 35.5. The predicted octanol–water partition coefficient (Wildman–Crippen LogP) is 7.39. The maximum absolute atomic E-state index is 13.9. The number of urea groups is 1. The van der Waals surface area contributed by atoms with Gasteiger partial charge >= 0.3 is 18.1 Å². The molecule has 0 unspecified atom stereocenters. The van der Waals surface area contributed by atoms with Crippen LogP contribution < -0.4 is 20.1 Å². The summed E-state index contributed by atoms with van der Waals surface area (Å²) < 4.78 is 52.5. The lowest BCUT2D eigenvalue weighted by Gasteiger charge is -2.29. The normalized spacial score (nSPS) is 14.2. The second-order valence-electron chi connectivity index (χ2n) is 7.68. The molecule has 0 bridgehead atoms. The molecule has 0 saturated carbocycles. The van der Waals surface area contributed by atoms with Crippen molar-refractivity contribution in [2.24, 2.45) is 0 Å². The number of halogens is 5. The number of nitrogens with one attached hydrogen (secondary N) is 2. The van der Waals surface area contributed by atoms with Gasteiger partial charge in [0.1, 0.15) is 5.01 Å². The van der Waals surface area contributed by atoms with Crippen LogP contribution in [0.1, 0.15) is 5.56 Å². The Balaban J connectivity index is 1.32. The summed E-state index contributed by atoms with van der Waals surface area (Å²) in [5, 5.41) is 4.79. The Morgan fingerprint density at radius 1 is 1.00 bits per heavy atom. The fraction of sp³-hybridized carbons (Fsp3) is 0.130. The topological polar surface area (TPSA) is 72.5 Å². The zero-order valence-electron chi connectivity index (χ0n) is 17.7. The number of nitrogens with zero attached hydrogens (tertiary/aromatic N) is 1. The lowest BCUT2D eigenvalue weighted by molar-refractivity contribution is -0.317. The maximum Gasteiger partial charge on any atom is 0.492 e. The third kappa shape index (κ3) is 4.44. The highest BCUT2D eigenvalue weighted by Gasteiger charge is 2.66. The molecule has 1 aromatic heterocycles. The van der Waals surface area contributed by atoms with Crippen LogP contribution in [0.3, 0.4) is 0 Å². The van der Waals surface area contributed by atoms with Crippen molar-refractivity contribution < 1.29 is 27.4 Å². The minimum atomic E-state index is -5.13. The number of carbonyl (C=O) groups is 1. The number of aromatic nitrogens is 1. The Bertz CT molecular complexity index is 1430. The average Bonchev–Trinajstić information content (AvgIpc) is 3.35. The van der Waals surface area contributed by atoms with Gasteiger partial charge in [0, 0.05) is 23.4 Å². The molecule has 2 heterocycles. The number of benzene rings is 3. The molecular weight excluding hydrogens is 526 g/mol. The third-order valence-electron chi connectivity index (χ3n) is 5.08. The van der Waals surface area contributed by atoms with Gasteiger partial charge in [0.15, 0.2) is 11.5 Å². The number of alkyl halides is 3. The van der Waals surface area contributed by atoms with E-state index in [9.17, 15) is 18.0 Å². The number of aryl methyl sites for hydroxylation is 1. The molecule has 0 aliphatic carbocycles. The molecule has 6 nitrogen and oxygen atoms in total. The van der Waals surface area contributed by atoms with Crippen LogP contribution in [0.2, 0.25) is 10.0 Å².